The molecule has 0 aliphatic rings. The summed E-state index contributed by atoms with van der Waals surface area (Å²) in [6.07, 6.45) is 1.69. The van der Waals surface area contributed by atoms with Crippen LogP contribution < -0.4 is 0 Å². The Kier molecular flexibility index (Phi) is 5.01. The summed E-state index contributed by atoms with van der Waals surface area (Å²) in [4.78, 5) is 5.81. The van der Waals surface area contributed by atoms with Crippen molar-refractivity contribution in [2.75, 3.05) is 7.05 Å². The summed E-state index contributed by atoms with van der Waals surface area (Å²) < 4.78 is 29.4. The standard InChI is InChI=1S/C18H22N4O2S2/c1-12(18-13(2)25-14(3)20-18)22(5)26(23,24)16-8-6-7-15(11-16)17-9-10-19-21(17)4/h6-12H,1-5H3. The smallest absolute Gasteiger partial charge is 0.243 e. The fraction of sp³-hybridized carbons (Fsp3) is 0.333. The molecular weight excluding hydrogens is 368 g/mol. The molecule has 0 saturated carbocycles. The zero-order valence-corrected chi connectivity index (χ0v) is 17.1. The van der Waals surface area contributed by atoms with Crippen LogP contribution in [0.5, 0.6) is 0 Å². The molecule has 1 unspecified atom stereocenters. The Balaban J connectivity index is 1.97. The highest BCUT2D eigenvalue weighted by Crippen LogP contribution is 2.31. The number of benzene rings is 1. The summed E-state index contributed by atoms with van der Waals surface area (Å²) in [5.41, 5.74) is 2.48. The summed E-state index contributed by atoms with van der Waals surface area (Å²) in [6, 6.07) is 8.47. The first-order chi connectivity index (χ1) is 12.2. The van der Waals surface area contributed by atoms with Gasteiger partial charge in [0.05, 0.1) is 27.3 Å². The van der Waals surface area contributed by atoms with Crippen LogP contribution in [0.25, 0.3) is 11.3 Å². The molecule has 0 spiro atoms. The summed E-state index contributed by atoms with van der Waals surface area (Å²) >= 11 is 1.58. The van der Waals surface area contributed by atoms with E-state index in [1.54, 1.807) is 47.5 Å². The number of nitrogens with zero attached hydrogens (tertiary/aromatic N) is 4. The molecule has 0 fully saturated rings. The Morgan fingerprint density at radius 3 is 2.54 bits per heavy atom. The quantitative estimate of drug-likeness (QED) is 0.668. The maximum Gasteiger partial charge on any atom is 0.243 e. The third kappa shape index (κ3) is 3.32. The second kappa shape index (κ2) is 6.94. The van der Waals surface area contributed by atoms with Crippen molar-refractivity contribution in [1.29, 1.82) is 0 Å². The van der Waals surface area contributed by atoms with Crippen LogP contribution in [-0.4, -0.2) is 34.5 Å². The van der Waals surface area contributed by atoms with Crippen LogP contribution in [0.2, 0.25) is 0 Å². The molecule has 0 saturated heterocycles. The van der Waals surface area contributed by atoms with Gasteiger partial charge < -0.3 is 0 Å². The Morgan fingerprint density at radius 2 is 1.96 bits per heavy atom. The van der Waals surface area contributed by atoms with Crippen LogP contribution in [0.15, 0.2) is 41.4 Å². The van der Waals surface area contributed by atoms with Crippen molar-refractivity contribution in [1.82, 2.24) is 19.1 Å². The zero-order valence-electron chi connectivity index (χ0n) is 15.5. The van der Waals surface area contributed by atoms with Gasteiger partial charge in [0.2, 0.25) is 10.0 Å². The highest BCUT2D eigenvalue weighted by Gasteiger charge is 2.29. The van der Waals surface area contributed by atoms with E-state index in [0.29, 0.717) is 0 Å². The number of sulfonamides is 1. The number of thiazole rings is 1. The predicted octanol–water partition coefficient (Wildman–Crippen LogP) is 3.54. The average molecular weight is 391 g/mol. The lowest BCUT2D eigenvalue weighted by Gasteiger charge is -2.24. The maximum atomic E-state index is 13.2. The lowest BCUT2D eigenvalue weighted by atomic mass is 10.1. The van der Waals surface area contributed by atoms with Crippen molar-refractivity contribution in [3.05, 3.63) is 52.1 Å². The molecule has 0 radical (unpaired) electrons. The van der Waals surface area contributed by atoms with Crippen LogP contribution in [0.3, 0.4) is 0 Å². The van der Waals surface area contributed by atoms with E-state index in [4.69, 9.17) is 0 Å². The van der Waals surface area contributed by atoms with Gasteiger partial charge in [-0.15, -0.1) is 11.3 Å². The monoisotopic (exact) mass is 390 g/mol. The van der Waals surface area contributed by atoms with E-state index >= 15 is 0 Å². The molecular formula is C18H22N4O2S2. The van der Waals surface area contributed by atoms with Crippen molar-refractivity contribution in [3.8, 4) is 11.3 Å². The zero-order chi connectivity index (χ0) is 19.1. The molecule has 26 heavy (non-hydrogen) atoms. The third-order valence-corrected chi connectivity index (χ3v) is 7.33. The number of aromatic nitrogens is 3. The summed E-state index contributed by atoms with van der Waals surface area (Å²) in [5.74, 6) is 0. The SMILES string of the molecule is Cc1nc(C(C)N(C)S(=O)(=O)c2cccc(-c3ccnn3C)c2)c(C)s1. The van der Waals surface area contributed by atoms with Crippen LogP contribution in [0, 0.1) is 13.8 Å². The van der Waals surface area contributed by atoms with E-state index in [0.717, 1.165) is 26.8 Å². The topological polar surface area (TPSA) is 68.1 Å². The van der Waals surface area contributed by atoms with Crippen LogP contribution in [0.4, 0.5) is 0 Å². The van der Waals surface area contributed by atoms with Gasteiger partial charge in [-0.05, 0) is 39.0 Å². The molecule has 2 heterocycles. The molecule has 2 aromatic heterocycles. The molecule has 1 atom stereocenters. The molecule has 3 rings (SSSR count). The van der Waals surface area contributed by atoms with Crippen molar-refractivity contribution in [3.63, 3.8) is 0 Å². The van der Waals surface area contributed by atoms with Crippen LogP contribution in [-0.2, 0) is 17.1 Å². The minimum atomic E-state index is -3.65. The van der Waals surface area contributed by atoms with Crippen molar-refractivity contribution in [2.45, 2.75) is 31.7 Å². The summed E-state index contributed by atoms with van der Waals surface area (Å²) in [5, 5.41) is 5.09. The van der Waals surface area contributed by atoms with Gasteiger partial charge in [-0.2, -0.15) is 9.40 Å². The van der Waals surface area contributed by atoms with Gasteiger partial charge in [0.15, 0.2) is 0 Å². The van der Waals surface area contributed by atoms with Crippen LogP contribution >= 0.6 is 11.3 Å². The van der Waals surface area contributed by atoms with E-state index < -0.39 is 10.0 Å². The molecule has 3 aromatic rings. The number of hydrogen-bond donors (Lipinski definition) is 0. The van der Waals surface area contributed by atoms with Crippen molar-refractivity contribution in [2.24, 2.45) is 7.05 Å². The van der Waals surface area contributed by atoms with Gasteiger partial charge in [-0.25, -0.2) is 13.4 Å². The van der Waals surface area contributed by atoms with Crippen molar-refractivity contribution >= 4 is 21.4 Å². The lowest BCUT2D eigenvalue weighted by molar-refractivity contribution is 0.392. The molecule has 0 N–H and O–H groups in total. The Bertz CT molecular complexity index is 1040. The van der Waals surface area contributed by atoms with E-state index in [9.17, 15) is 8.42 Å². The maximum absolute atomic E-state index is 13.2. The third-order valence-electron chi connectivity index (χ3n) is 4.51. The first-order valence-electron chi connectivity index (χ1n) is 8.22. The Morgan fingerprint density at radius 1 is 1.23 bits per heavy atom. The van der Waals surface area contributed by atoms with Gasteiger partial charge >= 0.3 is 0 Å². The van der Waals surface area contributed by atoms with E-state index in [1.807, 2.05) is 40.0 Å². The first-order valence-corrected chi connectivity index (χ1v) is 10.5. The highest BCUT2D eigenvalue weighted by molar-refractivity contribution is 7.89. The van der Waals surface area contributed by atoms with Crippen molar-refractivity contribution < 1.29 is 8.42 Å². The predicted molar refractivity (Wildman–Crippen MR) is 104 cm³/mol. The van der Waals surface area contributed by atoms with E-state index in [2.05, 4.69) is 10.1 Å². The van der Waals surface area contributed by atoms with Gasteiger partial charge in [-0.1, -0.05) is 12.1 Å². The molecule has 1 aromatic carbocycles. The molecule has 138 valence electrons. The first kappa shape index (κ1) is 18.8. The largest absolute Gasteiger partial charge is 0.268 e. The molecule has 8 heteroatoms. The number of rotatable bonds is 5. The second-order valence-electron chi connectivity index (χ2n) is 6.24. The van der Waals surface area contributed by atoms with E-state index in [1.165, 1.54) is 4.31 Å². The molecule has 0 bridgehead atoms. The second-order valence-corrected chi connectivity index (χ2v) is 9.64. The number of hydrogen-bond acceptors (Lipinski definition) is 5. The molecule has 0 amide bonds. The normalized spacial score (nSPS) is 13.3. The van der Waals surface area contributed by atoms with Gasteiger partial charge in [0, 0.05) is 30.7 Å². The fourth-order valence-electron chi connectivity index (χ4n) is 2.95. The van der Waals surface area contributed by atoms with Crippen LogP contribution in [0.1, 0.15) is 28.5 Å². The summed E-state index contributed by atoms with van der Waals surface area (Å²) in [7, 11) is -0.219. The Hall–Kier alpha value is -2.03. The molecule has 0 aliphatic heterocycles. The fourth-order valence-corrected chi connectivity index (χ4v) is 5.24. The van der Waals surface area contributed by atoms with Gasteiger partial charge in [0.1, 0.15) is 0 Å². The molecule has 6 nitrogen and oxygen atoms in total. The summed E-state index contributed by atoms with van der Waals surface area (Å²) in [6.45, 7) is 5.77. The Labute approximate surface area is 158 Å². The minimum absolute atomic E-state index is 0.259. The van der Waals surface area contributed by atoms with Gasteiger partial charge in [-0.3, -0.25) is 4.68 Å². The van der Waals surface area contributed by atoms with Gasteiger partial charge in [0.25, 0.3) is 0 Å². The number of aryl methyl sites for hydroxylation is 3. The molecule has 0 aliphatic carbocycles. The van der Waals surface area contributed by atoms with E-state index in [-0.39, 0.29) is 10.9 Å². The minimum Gasteiger partial charge on any atom is -0.268 e. The average Bonchev–Trinajstić information content (AvgIpc) is 3.18. The lowest BCUT2D eigenvalue weighted by Crippen LogP contribution is -2.30. The highest BCUT2D eigenvalue weighted by atomic mass is 32.2.